The molecule has 0 amide bonds. The second-order valence-corrected chi connectivity index (χ2v) is 12.0. The summed E-state index contributed by atoms with van der Waals surface area (Å²) in [5.74, 6) is -0.340. The van der Waals surface area contributed by atoms with E-state index >= 15 is 0 Å². The van der Waals surface area contributed by atoms with Crippen LogP contribution in [-0.4, -0.2) is 24.4 Å². The van der Waals surface area contributed by atoms with Gasteiger partial charge in [0.05, 0.1) is 32.3 Å². The van der Waals surface area contributed by atoms with Gasteiger partial charge >= 0.3 is 0 Å². The van der Waals surface area contributed by atoms with Gasteiger partial charge in [0, 0.05) is 23.4 Å². The van der Waals surface area contributed by atoms with Gasteiger partial charge in [-0.15, -0.1) is 11.8 Å². The lowest BCUT2D eigenvalue weighted by Crippen LogP contribution is -2.49. The number of rotatable bonds is 7. The molecule has 2 atom stereocenters. The van der Waals surface area contributed by atoms with Crippen LogP contribution >= 0.6 is 11.8 Å². The summed E-state index contributed by atoms with van der Waals surface area (Å²) in [5.41, 5.74) is -1.30. The monoisotopic (exact) mass is 441 g/mol. The topological polar surface area (TPSA) is 96.0 Å². The first-order valence-electron chi connectivity index (χ1n) is 9.62. The molecule has 0 aromatic heterocycles. The zero-order valence-electron chi connectivity index (χ0n) is 17.3. The van der Waals surface area contributed by atoms with Gasteiger partial charge in [0.25, 0.3) is 5.69 Å². The Bertz CT molecular complexity index is 829. The Labute approximate surface area is 178 Å². The standard InChI is InChI=1S/C20H28FN3O3S2/c1-18(2,3)29(27)23-19(4,14-28-20(13-22)10-6-5-7-11-20)16-12-15(24(25)26)8-9-17(16)21/h8-9,12,23H,5-7,10-11,14H2,1-4H3/t19-,29-/m1/s1. The Morgan fingerprint density at radius 3 is 2.45 bits per heavy atom. The van der Waals surface area contributed by atoms with Crippen molar-refractivity contribution in [1.29, 1.82) is 5.26 Å². The first kappa shape index (κ1) is 23.8. The van der Waals surface area contributed by atoms with Crippen LogP contribution in [0.1, 0.15) is 65.4 Å². The van der Waals surface area contributed by atoms with Crippen LogP contribution in [0.15, 0.2) is 18.2 Å². The number of thioether (sulfide) groups is 1. The molecule has 1 aromatic carbocycles. The van der Waals surface area contributed by atoms with Crippen molar-refractivity contribution < 1.29 is 13.5 Å². The Balaban J connectivity index is 2.44. The van der Waals surface area contributed by atoms with Gasteiger partial charge in [-0.25, -0.2) is 13.3 Å². The van der Waals surface area contributed by atoms with Gasteiger partial charge in [-0.3, -0.25) is 10.1 Å². The van der Waals surface area contributed by atoms with Crippen molar-refractivity contribution >= 4 is 28.4 Å². The molecule has 1 saturated carbocycles. The van der Waals surface area contributed by atoms with E-state index in [-0.39, 0.29) is 17.0 Å². The third kappa shape index (κ3) is 5.77. The van der Waals surface area contributed by atoms with E-state index in [1.807, 2.05) is 0 Å². The Morgan fingerprint density at radius 1 is 1.31 bits per heavy atom. The molecular weight excluding hydrogens is 413 g/mol. The molecule has 1 aliphatic rings. The zero-order chi connectivity index (χ0) is 21.9. The molecule has 0 bridgehead atoms. The third-order valence-corrected chi connectivity index (χ3v) is 8.65. The molecule has 0 saturated heterocycles. The zero-order valence-corrected chi connectivity index (χ0v) is 18.9. The number of non-ortho nitro benzene ring substituents is 1. The highest BCUT2D eigenvalue weighted by atomic mass is 32.2. The average molecular weight is 442 g/mol. The molecule has 1 aromatic rings. The molecule has 6 nitrogen and oxygen atoms in total. The summed E-state index contributed by atoms with van der Waals surface area (Å²) in [5, 5.41) is 21.0. The normalized spacial score (nSPS) is 19.7. The van der Waals surface area contributed by atoms with E-state index < -0.39 is 36.8 Å². The van der Waals surface area contributed by atoms with Crippen molar-refractivity contribution in [2.75, 3.05) is 5.75 Å². The van der Waals surface area contributed by atoms with Crippen LogP contribution < -0.4 is 4.72 Å². The predicted molar refractivity (Wildman–Crippen MR) is 115 cm³/mol. The number of nitro benzene ring substituents is 1. The van der Waals surface area contributed by atoms with Gasteiger partial charge in [-0.2, -0.15) is 5.26 Å². The highest BCUT2D eigenvalue weighted by Crippen LogP contribution is 2.43. The number of nitrogens with one attached hydrogen (secondary N) is 1. The van der Waals surface area contributed by atoms with Crippen LogP contribution in [-0.2, 0) is 16.5 Å². The number of halogens is 1. The molecule has 2 rings (SSSR count). The van der Waals surface area contributed by atoms with Crippen LogP contribution in [0.5, 0.6) is 0 Å². The molecule has 0 radical (unpaired) electrons. The van der Waals surface area contributed by atoms with Gasteiger partial charge in [-0.05, 0) is 46.6 Å². The summed E-state index contributed by atoms with van der Waals surface area (Å²) < 4.78 is 29.5. The van der Waals surface area contributed by atoms with Gasteiger partial charge in [0.2, 0.25) is 0 Å². The summed E-state index contributed by atoms with van der Waals surface area (Å²) >= 11 is 1.43. The molecule has 160 valence electrons. The van der Waals surface area contributed by atoms with Gasteiger partial charge < -0.3 is 0 Å². The van der Waals surface area contributed by atoms with Crippen LogP contribution in [0.25, 0.3) is 0 Å². The fraction of sp³-hybridized carbons (Fsp3) is 0.650. The summed E-state index contributed by atoms with van der Waals surface area (Å²) in [6.07, 6.45) is 4.52. The quantitative estimate of drug-likeness (QED) is 0.476. The van der Waals surface area contributed by atoms with Crippen molar-refractivity contribution in [1.82, 2.24) is 4.72 Å². The first-order valence-corrected chi connectivity index (χ1v) is 11.8. The number of nitrogens with zero attached hydrogens (tertiary/aromatic N) is 2. The van der Waals surface area contributed by atoms with Crippen molar-refractivity contribution in [3.63, 3.8) is 0 Å². The fourth-order valence-electron chi connectivity index (χ4n) is 3.26. The van der Waals surface area contributed by atoms with Crippen LogP contribution in [0.4, 0.5) is 10.1 Å². The minimum Gasteiger partial charge on any atom is -0.258 e. The highest BCUT2D eigenvalue weighted by molar-refractivity contribution is 8.01. The highest BCUT2D eigenvalue weighted by Gasteiger charge is 2.40. The summed E-state index contributed by atoms with van der Waals surface area (Å²) in [6, 6.07) is 5.81. The average Bonchev–Trinajstić information content (AvgIpc) is 2.66. The van der Waals surface area contributed by atoms with Crippen molar-refractivity contribution in [3.05, 3.63) is 39.7 Å². The van der Waals surface area contributed by atoms with E-state index in [9.17, 15) is 24.0 Å². The summed E-state index contributed by atoms with van der Waals surface area (Å²) in [7, 11) is -1.54. The maximum atomic E-state index is 14.8. The number of hydrogen-bond acceptors (Lipinski definition) is 5. The number of hydrogen-bond donors (Lipinski definition) is 1. The number of benzene rings is 1. The van der Waals surface area contributed by atoms with Crippen LogP contribution in [0.3, 0.4) is 0 Å². The summed E-state index contributed by atoms with van der Waals surface area (Å²) in [4.78, 5) is 10.7. The Morgan fingerprint density at radius 2 is 1.93 bits per heavy atom. The molecule has 1 fully saturated rings. The Kier molecular flexibility index (Phi) is 7.47. The fourth-order valence-corrected chi connectivity index (χ4v) is 5.69. The lowest BCUT2D eigenvalue weighted by Gasteiger charge is -2.37. The third-order valence-electron chi connectivity index (χ3n) is 5.13. The first-order chi connectivity index (χ1) is 13.4. The van der Waals surface area contributed by atoms with Crippen molar-refractivity contribution in [3.8, 4) is 6.07 Å². The lowest BCUT2D eigenvalue weighted by atomic mass is 9.89. The Hall–Kier alpha value is -1.50. The van der Waals surface area contributed by atoms with Gasteiger partial charge in [0.15, 0.2) is 0 Å². The lowest BCUT2D eigenvalue weighted by molar-refractivity contribution is -0.385. The molecule has 1 aliphatic carbocycles. The van der Waals surface area contributed by atoms with Crippen molar-refractivity contribution in [2.45, 2.75) is 74.8 Å². The maximum Gasteiger partial charge on any atom is 0.269 e. The molecule has 1 N–H and O–H groups in total. The molecule has 0 spiro atoms. The van der Waals surface area contributed by atoms with E-state index in [0.29, 0.717) is 0 Å². The maximum absolute atomic E-state index is 14.8. The van der Waals surface area contributed by atoms with Gasteiger partial charge in [0.1, 0.15) is 10.6 Å². The summed E-state index contributed by atoms with van der Waals surface area (Å²) in [6.45, 7) is 7.09. The van der Waals surface area contributed by atoms with E-state index in [2.05, 4.69) is 10.8 Å². The molecule has 0 unspecified atom stereocenters. The molecular formula is C20H28FN3O3S2. The van der Waals surface area contributed by atoms with E-state index in [1.54, 1.807) is 27.7 Å². The second kappa shape index (κ2) is 9.11. The second-order valence-electron chi connectivity index (χ2n) is 8.69. The minimum absolute atomic E-state index is 0.0840. The van der Waals surface area contributed by atoms with E-state index in [0.717, 1.165) is 44.2 Å². The molecule has 0 heterocycles. The van der Waals surface area contributed by atoms with Crippen LogP contribution in [0, 0.1) is 27.3 Å². The smallest absolute Gasteiger partial charge is 0.258 e. The minimum atomic E-state index is -1.54. The van der Waals surface area contributed by atoms with E-state index in [1.165, 1.54) is 17.8 Å². The number of nitriles is 1. The number of nitro groups is 1. The van der Waals surface area contributed by atoms with Gasteiger partial charge in [-0.1, -0.05) is 19.3 Å². The SMILES string of the molecule is CC(C)(C)[S@@](=O)N[C@](C)(CSC1(C#N)CCCCC1)c1cc([N+](=O)[O-])ccc1F. The molecule has 9 heteroatoms. The van der Waals surface area contributed by atoms with E-state index in [4.69, 9.17) is 0 Å². The largest absolute Gasteiger partial charge is 0.269 e. The van der Waals surface area contributed by atoms with Crippen LogP contribution in [0.2, 0.25) is 0 Å². The molecule has 29 heavy (non-hydrogen) atoms. The van der Waals surface area contributed by atoms with Crippen molar-refractivity contribution in [2.24, 2.45) is 0 Å². The molecule has 0 aliphatic heterocycles. The predicted octanol–water partition coefficient (Wildman–Crippen LogP) is 4.96.